The van der Waals surface area contributed by atoms with Crippen molar-refractivity contribution in [3.05, 3.63) is 22.2 Å². The van der Waals surface area contributed by atoms with Gasteiger partial charge in [0.1, 0.15) is 0 Å². The number of hydrogen-bond acceptors (Lipinski definition) is 3. The monoisotopic (exact) mass is 357 g/mol. The Kier molecular flexibility index (Phi) is 8.77. The predicted molar refractivity (Wildman–Crippen MR) is 92.3 cm³/mol. The standard InChI is InChI=1S/C17H28BrNO2/c1-5-8-19-11-14-9-15(18)17(16(10-14)20-4)21-12-13(6-2)7-3/h9-10,13,19H,5-8,11-12H2,1-4H3. The van der Waals surface area contributed by atoms with E-state index in [0.717, 1.165) is 54.9 Å². The average molecular weight is 358 g/mol. The van der Waals surface area contributed by atoms with E-state index in [0.29, 0.717) is 5.92 Å². The summed E-state index contributed by atoms with van der Waals surface area (Å²) in [6.07, 6.45) is 3.40. The van der Waals surface area contributed by atoms with Gasteiger partial charge in [-0.05, 0) is 52.5 Å². The lowest BCUT2D eigenvalue weighted by molar-refractivity contribution is 0.229. The van der Waals surface area contributed by atoms with Crippen molar-refractivity contribution in [2.75, 3.05) is 20.3 Å². The molecule has 0 radical (unpaired) electrons. The van der Waals surface area contributed by atoms with Crippen LogP contribution in [-0.4, -0.2) is 20.3 Å². The van der Waals surface area contributed by atoms with Gasteiger partial charge >= 0.3 is 0 Å². The fourth-order valence-electron chi connectivity index (χ4n) is 2.15. The van der Waals surface area contributed by atoms with Gasteiger partial charge in [0.2, 0.25) is 0 Å². The highest BCUT2D eigenvalue weighted by molar-refractivity contribution is 9.10. The number of rotatable bonds is 10. The molecule has 0 aliphatic rings. The molecule has 0 spiro atoms. The topological polar surface area (TPSA) is 30.5 Å². The SMILES string of the molecule is CCCNCc1cc(Br)c(OCC(CC)CC)c(OC)c1. The van der Waals surface area contributed by atoms with Crippen molar-refractivity contribution < 1.29 is 9.47 Å². The van der Waals surface area contributed by atoms with E-state index in [1.807, 2.05) is 0 Å². The molecule has 0 bridgehead atoms. The van der Waals surface area contributed by atoms with Gasteiger partial charge in [-0.2, -0.15) is 0 Å². The highest BCUT2D eigenvalue weighted by Crippen LogP contribution is 2.37. The van der Waals surface area contributed by atoms with E-state index in [1.165, 1.54) is 5.56 Å². The Labute approximate surface area is 137 Å². The maximum absolute atomic E-state index is 5.99. The summed E-state index contributed by atoms with van der Waals surface area (Å²) >= 11 is 3.61. The van der Waals surface area contributed by atoms with Crippen LogP contribution in [-0.2, 0) is 6.54 Å². The lowest BCUT2D eigenvalue weighted by Crippen LogP contribution is -2.14. The van der Waals surface area contributed by atoms with Gasteiger partial charge < -0.3 is 14.8 Å². The summed E-state index contributed by atoms with van der Waals surface area (Å²) < 4.78 is 12.4. The van der Waals surface area contributed by atoms with Crippen LogP contribution in [0.1, 0.15) is 45.6 Å². The molecule has 1 aromatic carbocycles. The Balaban J connectivity index is 2.79. The van der Waals surface area contributed by atoms with Crippen LogP contribution in [0, 0.1) is 5.92 Å². The van der Waals surface area contributed by atoms with Crippen LogP contribution in [0.4, 0.5) is 0 Å². The largest absolute Gasteiger partial charge is 0.493 e. The molecule has 1 rings (SSSR count). The van der Waals surface area contributed by atoms with E-state index < -0.39 is 0 Å². The molecule has 0 aliphatic heterocycles. The lowest BCUT2D eigenvalue weighted by atomic mass is 10.1. The molecule has 0 saturated heterocycles. The molecular weight excluding hydrogens is 330 g/mol. The molecule has 0 unspecified atom stereocenters. The van der Waals surface area contributed by atoms with Gasteiger partial charge in [-0.25, -0.2) is 0 Å². The van der Waals surface area contributed by atoms with Gasteiger partial charge in [0.05, 0.1) is 18.2 Å². The second-order valence-corrected chi connectivity index (χ2v) is 6.13. The second-order valence-electron chi connectivity index (χ2n) is 5.28. The van der Waals surface area contributed by atoms with E-state index in [2.05, 4.69) is 54.2 Å². The van der Waals surface area contributed by atoms with Gasteiger partial charge in [-0.15, -0.1) is 0 Å². The van der Waals surface area contributed by atoms with Gasteiger partial charge in [-0.3, -0.25) is 0 Å². The summed E-state index contributed by atoms with van der Waals surface area (Å²) in [7, 11) is 1.69. The van der Waals surface area contributed by atoms with Gasteiger partial charge in [-0.1, -0.05) is 33.6 Å². The van der Waals surface area contributed by atoms with Crippen molar-refractivity contribution in [2.45, 2.75) is 46.6 Å². The van der Waals surface area contributed by atoms with Crippen molar-refractivity contribution in [3.8, 4) is 11.5 Å². The predicted octanol–water partition coefficient (Wildman–Crippen LogP) is 4.77. The van der Waals surface area contributed by atoms with E-state index in [9.17, 15) is 0 Å². The molecule has 4 heteroatoms. The summed E-state index contributed by atoms with van der Waals surface area (Å²) in [5.41, 5.74) is 1.20. The zero-order chi connectivity index (χ0) is 15.7. The Morgan fingerprint density at radius 3 is 2.48 bits per heavy atom. The molecule has 1 N–H and O–H groups in total. The van der Waals surface area contributed by atoms with Crippen molar-refractivity contribution >= 4 is 15.9 Å². The molecule has 0 saturated carbocycles. The molecule has 0 aliphatic carbocycles. The highest BCUT2D eigenvalue weighted by atomic mass is 79.9. The first-order valence-electron chi connectivity index (χ1n) is 7.86. The van der Waals surface area contributed by atoms with Crippen molar-refractivity contribution in [1.82, 2.24) is 5.32 Å². The molecule has 3 nitrogen and oxygen atoms in total. The smallest absolute Gasteiger partial charge is 0.175 e. The fourth-order valence-corrected chi connectivity index (χ4v) is 2.75. The highest BCUT2D eigenvalue weighted by Gasteiger charge is 2.13. The first kappa shape index (κ1) is 18.3. The van der Waals surface area contributed by atoms with Crippen molar-refractivity contribution in [2.24, 2.45) is 5.92 Å². The van der Waals surface area contributed by atoms with Crippen LogP contribution in [0.2, 0.25) is 0 Å². The molecule has 120 valence electrons. The number of benzene rings is 1. The van der Waals surface area contributed by atoms with E-state index in [4.69, 9.17) is 9.47 Å². The quantitative estimate of drug-likeness (QED) is 0.611. The Morgan fingerprint density at radius 1 is 1.19 bits per heavy atom. The Morgan fingerprint density at radius 2 is 1.90 bits per heavy atom. The molecule has 0 aromatic heterocycles. The van der Waals surface area contributed by atoms with Gasteiger partial charge in [0, 0.05) is 6.54 Å². The fraction of sp³-hybridized carbons (Fsp3) is 0.647. The lowest BCUT2D eigenvalue weighted by Gasteiger charge is -2.18. The van der Waals surface area contributed by atoms with Crippen LogP contribution in [0.15, 0.2) is 16.6 Å². The van der Waals surface area contributed by atoms with Crippen LogP contribution in [0.25, 0.3) is 0 Å². The minimum absolute atomic E-state index is 0.590. The van der Waals surface area contributed by atoms with Crippen LogP contribution >= 0.6 is 15.9 Å². The minimum Gasteiger partial charge on any atom is -0.493 e. The average Bonchev–Trinajstić information content (AvgIpc) is 2.49. The van der Waals surface area contributed by atoms with E-state index in [-0.39, 0.29) is 0 Å². The second kappa shape index (κ2) is 10.1. The summed E-state index contributed by atoms with van der Waals surface area (Å²) in [5, 5.41) is 3.40. The summed E-state index contributed by atoms with van der Waals surface area (Å²) in [6, 6.07) is 4.16. The van der Waals surface area contributed by atoms with Crippen molar-refractivity contribution in [3.63, 3.8) is 0 Å². The molecule has 0 fully saturated rings. The van der Waals surface area contributed by atoms with Gasteiger partial charge in [0.15, 0.2) is 11.5 Å². The third-order valence-electron chi connectivity index (χ3n) is 3.66. The third kappa shape index (κ3) is 5.87. The summed E-state index contributed by atoms with van der Waals surface area (Å²) in [5.74, 6) is 2.19. The van der Waals surface area contributed by atoms with E-state index in [1.54, 1.807) is 7.11 Å². The number of methoxy groups -OCH3 is 1. The number of hydrogen-bond donors (Lipinski definition) is 1. The number of nitrogens with one attached hydrogen (secondary N) is 1. The number of ether oxygens (including phenoxy) is 2. The van der Waals surface area contributed by atoms with Crippen LogP contribution in [0.5, 0.6) is 11.5 Å². The Bertz CT molecular complexity index is 419. The molecular formula is C17H28BrNO2. The van der Waals surface area contributed by atoms with Crippen LogP contribution in [0.3, 0.4) is 0 Å². The Hall–Kier alpha value is -0.740. The first-order chi connectivity index (χ1) is 10.2. The molecule has 1 aromatic rings. The molecule has 0 amide bonds. The first-order valence-corrected chi connectivity index (χ1v) is 8.65. The zero-order valence-electron chi connectivity index (χ0n) is 13.7. The normalized spacial score (nSPS) is 11.0. The molecule has 0 atom stereocenters. The van der Waals surface area contributed by atoms with E-state index >= 15 is 0 Å². The van der Waals surface area contributed by atoms with Crippen molar-refractivity contribution in [1.29, 1.82) is 0 Å². The summed E-state index contributed by atoms with van der Waals surface area (Å²) in [6.45, 7) is 9.16. The van der Waals surface area contributed by atoms with Crippen LogP contribution < -0.4 is 14.8 Å². The van der Waals surface area contributed by atoms with Gasteiger partial charge in [0.25, 0.3) is 0 Å². The maximum Gasteiger partial charge on any atom is 0.175 e. The number of halogens is 1. The summed E-state index contributed by atoms with van der Waals surface area (Å²) in [4.78, 5) is 0. The third-order valence-corrected chi connectivity index (χ3v) is 4.25. The zero-order valence-corrected chi connectivity index (χ0v) is 15.3. The minimum atomic E-state index is 0.590. The molecule has 21 heavy (non-hydrogen) atoms. The maximum atomic E-state index is 5.99. The molecule has 0 heterocycles.